The van der Waals surface area contributed by atoms with Crippen molar-refractivity contribution in [2.45, 2.75) is 90.3 Å². The highest BCUT2D eigenvalue weighted by atomic mass is 32.2. The van der Waals surface area contributed by atoms with Gasteiger partial charge in [0.1, 0.15) is 16.8 Å². The highest BCUT2D eigenvalue weighted by molar-refractivity contribution is 7.85. The lowest BCUT2D eigenvalue weighted by atomic mass is 10.1. The first-order chi connectivity index (χ1) is 12.3. The molecule has 0 aliphatic heterocycles. The van der Waals surface area contributed by atoms with Gasteiger partial charge >= 0.3 is 0 Å². The fraction of sp³-hybridized carbons (Fsp3) is 0.667. The van der Waals surface area contributed by atoms with Crippen LogP contribution in [0.1, 0.15) is 73.4 Å². The average Bonchev–Trinajstić information content (AvgIpc) is 2.52. The second kappa shape index (κ2) is 9.57. The van der Waals surface area contributed by atoms with E-state index in [9.17, 15) is 8.60 Å². The van der Waals surface area contributed by atoms with Gasteiger partial charge in [0.25, 0.3) is 0 Å². The van der Waals surface area contributed by atoms with E-state index in [0.717, 1.165) is 0 Å². The molecule has 0 saturated heterocycles. The van der Waals surface area contributed by atoms with Gasteiger partial charge in [0, 0.05) is 17.3 Å². The van der Waals surface area contributed by atoms with Gasteiger partial charge in [-0.05, 0) is 43.5 Å². The van der Waals surface area contributed by atoms with Gasteiger partial charge in [-0.1, -0.05) is 53.7 Å². The lowest BCUT2D eigenvalue weighted by molar-refractivity contribution is 0.261. The smallest absolute Gasteiger partial charge is 0.200 e. The Hall–Kier alpha value is -0.853. The zero-order valence-corrected chi connectivity index (χ0v) is 20.1. The molecule has 0 bridgehead atoms. The summed E-state index contributed by atoms with van der Waals surface area (Å²) in [7, 11) is -3.48. The third-order valence-corrected chi connectivity index (χ3v) is 12.5. The van der Waals surface area contributed by atoms with Crippen molar-refractivity contribution >= 4 is 25.5 Å². The summed E-state index contributed by atoms with van der Waals surface area (Å²) in [6.07, 6.45) is 1.52. The standard InChI is InChI=1S/C21H36FNO2SSi/c1-15(2)27(16(3)4,17(5)6)25-14-19-18(11-10-12-20(19)22)13-23-26(24)21(7,8)9/h10-13,15-17H,14H2,1-9H3/b23-13-/t26-/m0/s1. The molecule has 3 nitrogen and oxygen atoms in total. The van der Waals surface area contributed by atoms with Gasteiger partial charge < -0.3 is 4.43 Å². The Morgan fingerprint density at radius 2 is 1.63 bits per heavy atom. The number of rotatable bonds is 8. The fourth-order valence-corrected chi connectivity index (χ4v) is 9.73. The molecule has 0 saturated carbocycles. The molecule has 1 rings (SSSR count). The summed E-state index contributed by atoms with van der Waals surface area (Å²) in [5.41, 5.74) is 2.40. The molecule has 27 heavy (non-hydrogen) atoms. The number of hydrogen-bond donors (Lipinski definition) is 0. The predicted molar refractivity (Wildman–Crippen MR) is 118 cm³/mol. The van der Waals surface area contributed by atoms with E-state index in [1.807, 2.05) is 20.8 Å². The Bertz CT molecular complexity index is 659. The van der Waals surface area contributed by atoms with Gasteiger partial charge in [-0.2, -0.15) is 4.40 Å². The van der Waals surface area contributed by atoms with Gasteiger partial charge in [-0.3, -0.25) is 0 Å². The zero-order chi connectivity index (χ0) is 21.0. The van der Waals surface area contributed by atoms with Crippen LogP contribution in [-0.4, -0.2) is 23.5 Å². The van der Waals surface area contributed by atoms with Crippen LogP contribution in [0.15, 0.2) is 22.6 Å². The maximum Gasteiger partial charge on any atom is 0.200 e. The monoisotopic (exact) mass is 413 g/mol. The number of halogens is 1. The first-order valence-corrected chi connectivity index (χ1v) is 13.0. The van der Waals surface area contributed by atoms with Gasteiger partial charge in [-0.25, -0.2) is 8.60 Å². The Morgan fingerprint density at radius 3 is 2.07 bits per heavy atom. The predicted octanol–water partition coefficient (Wildman–Crippen LogP) is 6.40. The second-order valence-corrected chi connectivity index (χ2v) is 16.4. The van der Waals surface area contributed by atoms with E-state index in [0.29, 0.717) is 27.8 Å². The Labute approximate surface area is 168 Å². The highest BCUT2D eigenvalue weighted by Crippen LogP contribution is 2.42. The highest BCUT2D eigenvalue weighted by Gasteiger charge is 2.45. The zero-order valence-electron chi connectivity index (χ0n) is 18.3. The lowest BCUT2D eigenvalue weighted by Gasteiger charge is -2.42. The van der Waals surface area contributed by atoms with Crippen LogP contribution in [0.3, 0.4) is 0 Å². The minimum absolute atomic E-state index is 0.219. The molecule has 1 aromatic carbocycles. The summed E-state index contributed by atoms with van der Waals surface area (Å²) in [6, 6.07) is 4.90. The van der Waals surface area contributed by atoms with Crippen LogP contribution in [0.2, 0.25) is 16.6 Å². The maximum absolute atomic E-state index is 14.6. The number of hydrogen-bond acceptors (Lipinski definition) is 2. The summed E-state index contributed by atoms with van der Waals surface area (Å²) in [5.74, 6) is -0.306. The molecule has 0 aliphatic carbocycles. The Morgan fingerprint density at radius 1 is 1.11 bits per heavy atom. The third-order valence-electron chi connectivity index (χ3n) is 5.14. The van der Waals surface area contributed by atoms with Crippen molar-refractivity contribution < 1.29 is 13.0 Å². The van der Waals surface area contributed by atoms with Crippen molar-refractivity contribution in [3.8, 4) is 0 Å². The van der Waals surface area contributed by atoms with Gasteiger partial charge in [-0.15, -0.1) is 0 Å². The molecule has 0 amide bonds. The van der Waals surface area contributed by atoms with E-state index in [2.05, 4.69) is 45.9 Å². The summed E-state index contributed by atoms with van der Waals surface area (Å²) in [5, 5.41) is 0. The van der Waals surface area contributed by atoms with Crippen LogP contribution in [0.5, 0.6) is 0 Å². The molecule has 0 spiro atoms. The van der Waals surface area contributed by atoms with E-state index in [1.165, 1.54) is 12.3 Å². The first kappa shape index (κ1) is 24.2. The van der Waals surface area contributed by atoms with Crippen molar-refractivity contribution in [2.24, 2.45) is 4.40 Å². The molecule has 0 aliphatic rings. The molecular formula is C21H36FNO2SSi. The summed E-state index contributed by atoms with van der Waals surface area (Å²) >= 11 is 0. The third kappa shape index (κ3) is 5.81. The van der Waals surface area contributed by atoms with Crippen molar-refractivity contribution in [3.63, 3.8) is 0 Å². The molecule has 0 aromatic heterocycles. The molecule has 0 N–H and O–H groups in total. The van der Waals surface area contributed by atoms with E-state index in [-0.39, 0.29) is 12.4 Å². The van der Waals surface area contributed by atoms with Crippen molar-refractivity contribution in [1.29, 1.82) is 0 Å². The van der Waals surface area contributed by atoms with Crippen LogP contribution in [-0.2, 0) is 22.0 Å². The molecule has 0 unspecified atom stereocenters. The quantitative estimate of drug-likeness (QED) is 0.365. The van der Waals surface area contributed by atoms with Crippen LogP contribution in [0, 0.1) is 5.82 Å². The molecule has 1 aromatic rings. The van der Waals surface area contributed by atoms with Crippen molar-refractivity contribution in [3.05, 3.63) is 35.1 Å². The minimum atomic E-state index is -2.10. The van der Waals surface area contributed by atoms with Gasteiger partial charge in [0.15, 0.2) is 0 Å². The number of nitrogens with zero attached hydrogens (tertiary/aromatic N) is 1. The summed E-state index contributed by atoms with van der Waals surface area (Å²) in [6.45, 7) is 19.1. The Balaban J connectivity index is 3.21. The minimum Gasteiger partial charge on any atom is -0.412 e. The topological polar surface area (TPSA) is 38.7 Å². The van der Waals surface area contributed by atoms with E-state index < -0.39 is 24.1 Å². The molecule has 0 fully saturated rings. The van der Waals surface area contributed by atoms with Crippen LogP contribution in [0.25, 0.3) is 0 Å². The average molecular weight is 414 g/mol. The Kier molecular flexibility index (Phi) is 8.57. The summed E-state index contributed by atoms with van der Waals surface area (Å²) < 4.78 is 37.1. The van der Waals surface area contributed by atoms with E-state index in [1.54, 1.807) is 12.1 Å². The maximum atomic E-state index is 14.6. The largest absolute Gasteiger partial charge is 0.412 e. The molecule has 0 heterocycles. The SMILES string of the molecule is CC(C)[Si](OCc1c(F)cccc1/C=N\[S@@](=O)C(C)(C)C)(C(C)C)C(C)C. The second-order valence-electron chi connectivity index (χ2n) is 9.01. The molecule has 0 radical (unpaired) electrons. The van der Waals surface area contributed by atoms with Crippen molar-refractivity contribution in [2.75, 3.05) is 0 Å². The van der Waals surface area contributed by atoms with Gasteiger partial charge in [0.05, 0.1) is 11.4 Å². The lowest BCUT2D eigenvalue weighted by Crippen LogP contribution is -2.47. The van der Waals surface area contributed by atoms with Gasteiger partial charge in [0.2, 0.25) is 8.32 Å². The van der Waals surface area contributed by atoms with E-state index >= 15 is 0 Å². The summed E-state index contributed by atoms with van der Waals surface area (Å²) in [4.78, 5) is 0. The first-order valence-electron chi connectivity index (χ1n) is 9.71. The molecule has 154 valence electrons. The van der Waals surface area contributed by atoms with Crippen molar-refractivity contribution in [1.82, 2.24) is 0 Å². The van der Waals surface area contributed by atoms with Crippen LogP contribution >= 0.6 is 0 Å². The molecule has 1 atom stereocenters. The fourth-order valence-electron chi connectivity index (χ4n) is 3.81. The number of benzene rings is 1. The van der Waals surface area contributed by atoms with Crippen LogP contribution < -0.4 is 0 Å². The van der Waals surface area contributed by atoms with E-state index in [4.69, 9.17) is 4.43 Å². The normalized spacial score (nSPS) is 14.7. The van der Waals surface area contributed by atoms with Crippen LogP contribution in [0.4, 0.5) is 4.39 Å². The molecular weight excluding hydrogens is 377 g/mol. The molecule has 6 heteroatoms.